The van der Waals surface area contributed by atoms with E-state index in [0.29, 0.717) is 30.9 Å². The quantitative estimate of drug-likeness (QED) is 0.713. The van der Waals surface area contributed by atoms with Crippen LogP contribution < -0.4 is 10.6 Å². The lowest BCUT2D eigenvalue weighted by molar-refractivity contribution is -0.128. The van der Waals surface area contributed by atoms with E-state index in [2.05, 4.69) is 17.2 Å². The van der Waals surface area contributed by atoms with Gasteiger partial charge in [0.1, 0.15) is 0 Å². The number of hydrogen-bond acceptors (Lipinski definition) is 3. The Morgan fingerprint density at radius 3 is 2.62 bits per heavy atom. The van der Waals surface area contributed by atoms with Crippen LogP contribution in [0.15, 0.2) is 61.2 Å². The average molecular weight is 391 g/mol. The largest absolute Gasteiger partial charge is 0.349 e. The van der Waals surface area contributed by atoms with Gasteiger partial charge in [-0.25, -0.2) is 0 Å². The first-order valence-electron chi connectivity index (χ1n) is 9.60. The van der Waals surface area contributed by atoms with Crippen molar-refractivity contribution in [3.05, 3.63) is 77.9 Å². The predicted molar refractivity (Wildman–Crippen MR) is 112 cm³/mol. The summed E-state index contributed by atoms with van der Waals surface area (Å²) in [5, 5.41) is 5.52. The highest BCUT2D eigenvalue weighted by atomic mass is 16.2. The smallest absolute Gasteiger partial charge is 0.253 e. The highest BCUT2D eigenvalue weighted by Crippen LogP contribution is 2.23. The number of benzene rings is 2. The molecular weight excluding hydrogens is 366 g/mol. The first-order valence-corrected chi connectivity index (χ1v) is 9.60. The molecule has 1 atom stereocenters. The zero-order chi connectivity index (χ0) is 20.8. The van der Waals surface area contributed by atoms with Crippen LogP contribution in [-0.4, -0.2) is 35.7 Å². The van der Waals surface area contributed by atoms with Gasteiger partial charge < -0.3 is 15.5 Å². The molecule has 2 aromatic rings. The normalized spacial score (nSPS) is 15.8. The van der Waals surface area contributed by atoms with Crippen LogP contribution in [0.1, 0.15) is 27.9 Å². The van der Waals surface area contributed by atoms with Gasteiger partial charge in [0.2, 0.25) is 11.8 Å². The van der Waals surface area contributed by atoms with Crippen molar-refractivity contribution >= 4 is 23.4 Å². The number of nitrogens with zero attached hydrogens (tertiary/aromatic N) is 1. The maximum Gasteiger partial charge on any atom is 0.253 e. The molecule has 0 aliphatic carbocycles. The van der Waals surface area contributed by atoms with E-state index in [-0.39, 0.29) is 24.1 Å². The molecule has 2 N–H and O–H groups in total. The SMILES string of the molecule is C=CCNC(=O)c1ccccc1NC(=O)C1CC(=O)N(Cc2ccc(C)cc2)C1. The van der Waals surface area contributed by atoms with Crippen LogP contribution in [0.2, 0.25) is 0 Å². The lowest BCUT2D eigenvalue weighted by Gasteiger charge is -2.17. The number of carbonyl (C=O) groups is 3. The van der Waals surface area contributed by atoms with E-state index in [1.165, 1.54) is 0 Å². The molecule has 29 heavy (non-hydrogen) atoms. The molecule has 0 radical (unpaired) electrons. The zero-order valence-electron chi connectivity index (χ0n) is 16.5. The van der Waals surface area contributed by atoms with Gasteiger partial charge in [0, 0.05) is 26.1 Å². The number of carbonyl (C=O) groups excluding carboxylic acids is 3. The number of anilines is 1. The minimum atomic E-state index is -0.447. The number of likely N-dealkylation sites (tertiary alicyclic amines) is 1. The molecule has 3 amide bonds. The van der Waals surface area contributed by atoms with E-state index in [1.807, 2.05) is 31.2 Å². The van der Waals surface area contributed by atoms with Crippen LogP contribution in [0.3, 0.4) is 0 Å². The fourth-order valence-electron chi connectivity index (χ4n) is 3.30. The molecule has 1 fully saturated rings. The third kappa shape index (κ3) is 5.10. The van der Waals surface area contributed by atoms with Crippen molar-refractivity contribution in [3.63, 3.8) is 0 Å². The Morgan fingerprint density at radius 2 is 1.90 bits per heavy atom. The van der Waals surface area contributed by atoms with E-state index in [0.717, 1.165) is 11.1 Å². The van der Waals surface area contributed by atoms with Crippen LogP contribution in [-0.2, 0) is 16.1 Å². The Bertz CT molecular complexity index is 921. The summed E-state index contributed by atoms with van der Waals surface area (Å²) >= 11 is 0. The number of hydrogen-bond donors (Lipinski definition) is 2. The average Bonchev–Trinajstić information content (AvgIpc) is 3.09. The molecule has 3 rings (SSSR count). The van der Waals surface area contributed by atoms with Gasteiger partial charge in [-0.2, -0.15) is 0 Å². The Morgan fingerprint density at radius 1 is 1.17 bits per heavy atom. The number of para-hydroxylation sites is 1. The second kappa shape index (κ2) is 9.19. The molecule has 1 heterocycles. The molecular formula is C23H25N3O3. The van der Waals surface area contributed by atoms with Gasteiger partial charge in [0.25, 0.3) is 5.91 Å². The van der Waals surface area contributed by atoms with E-state index in [4.69, 9.17) is 0 Å². The Balaban J connectivity index is 1.64. The Hall–Kier alpha value is -3.41. The molecule has 2 aromatic carbocycles. The van der Waals surface area contributed by atoms with E-state index in [1.54, 1.807) is 35.2 Å². The van der Waals surface area contributed by atoms with Gasteiger partial charge in [-0.05, 0) is 24.6 Å². The summed E-state index contributed by atoms with van der Waals surface area (Å²) in [7, 11) is 0. The minimum absolute atomic E-state index is 0.0391. The second-order valence-electron chi connectivity index (χ2n) is 7.19. The van der Waals surface area contributed by atoms with Crippen LogP contribution in [0.5, 0.6) is 0 Å². The summed E-state index contributed by atoms with van der Waals surface area (Å²) in [6, 6.07) is 14.8. The highest BCUT2D eigenvalue weighted by Gasteiger charge is 2.34. The summed E-state index contributed by atoms with van der Waals surface area (Å²) in [4.78, 5) is 39.1. The summed E-state index contributed by atoms with van der Waals surface area (Å²) < 4.78 is 0. The number of amides is 3. The van der Waals surface area contributed by atoms with Crippen molar-refractivity contribution < 1.29 is 14.4 Å². The lowest BCUT2D eigenvalue weighted by atomic mass is 10.1. The van der Waals surface area contributed by atoms with Gasteiger partial charge >= 0.3 is 0 Å². The van der Waals surface area contributed by atoms with Crippen molar-refractivity contribution in [2.45, 2.75) is 19.9 Å². The van der Waals surface area contributed by atoms with E-state index in [9.17, 15) is 14.4 Å². The van der Waals surface area contributed by atoms with Gasteiger partial charge in [0.05, 0.1) is 17.2 Å². The molecule has 0 saturated carbocycles. The molecule has 1 aliphatic heterocycles. The maximum atomic E-state index is 12.8. The molecule has 6 nitrogen and oxygen atoms in total. The predicted octanol–water partition coefficient (Wildman–Crippen LogP) is 2.90. The Labute approximate surface area is 170 Å². The van der Waals surface area contributed by atoms with E-state index < -0.39 is 5.92 Å². The van der Waals surface area contributed by atoms with Crippen molar-refractivity contribution in [3.8, 4) is 0 Å². The molecule has 0 spiro atoms. The van der Waals surface area contributed by atoms with E-state index >= 15 is 0 Å². The second-order valence-corrected chi connectivity index (χ2v) is 7.19. The van der Waals surface area contributed by atoms with Crippen molar-refractivity contribution in [2.75, 3.05) is 18.4 Å². The summed E-state index contributed by atoms with van der Waals surface area (Å²) in [6.07, 6.45) is 1.76. The van der Waals surface area contributed by atoms with Crippen LogP contribution >= 0.6 is 0 Å². The molecule has 150 valence electrons. The van der Waals surface area contributed by atoms with Crippen LogP contribution in [0.25, 0.3) is 0 Å². The summed E-state index contributed by atoms with van der Waals surface area (Å²) in [5.41, 5.74) is 3.01. The highest BCUT2D eigenvalue weighted by molar-refractivity contribution is 6.05. The topological polar surface area (TPSA) is 78.5 Å². The number of nitrogens with one attached hydrogen (secondary N) is 2. The first-order chi connectivity index (χ1) is 14.0. The van der Waals surface area contributed by atoms with Crippen molar-refractivity contribution in [2.24, 2.45) is 5.92 Å². The summed E-state index contributed by atoms with van der Waals surface area (Å²) in [5.74, 6) is -1.03. The fraction of sp³-hybridized carbons (Fsp3) is 0.261. The number of aryl methyl sites for hydroxylation is 1. The zero-order valence-corrected chi connectivity index (χ0v) is 16.5. The third-order valence-electron chi connectivity index (χ3n) is 4.92. The monoisotopic (exact) mass is 391 g/mol. The van der Waals surface area contributed by atoms with Crippen molar-refractivity contribution in [1.29, 1.82) is 0 Å². The molecule has 1 aliphatic rings. The molecule has 1 unspecified atom stereocenters. The van der Waals surface area contributed by atoms with Crippen LogP contribution in [0, 0.1) is 12.8 Å². The molecule has 6 heteroatoms. The first kappa shape index (κ1) is 20.3. The van der Waals surface area contributed by atoms with Gasteiger partial charge in [-0.15, -0.1) is 6.58 Å². The fourth-order valence-corrected chi connectivity index (χ4v) is 3.30. The lowest BCUT2D eigenvalue weighted by Crippen LogP contribution is -2.29. The third-order valence-corrected chi connectivity index (χ3v) is 4.92. The standard InChI is InChI=1S/C23H25N3O3/c1-3-12-24-23(29)19-6-4-5-7-20(19)25-22(28)18-13-21(27)26(15-18)14-17-10-8-16(2)9-11-17/h3-11,18H,1,12-15H2,2H3,(H,24,29)(H,25,28). The number of rotatable bonds is 7. The molecule has 0 bridgehead atoms. The molecule has 0 aromatic heterocycles. The van der Waals surface area contributed by atoms with Crippen molar-refractivity contribution in [1.82, 2.24) is 10.2 Å². The van der Waals surface area contributed by atoms with Gasteiger partial charge in [-0.1, -0.05) is 48.0 Å². The van der Waals surface area contributed by atoms with Gasteiger partial charge in [0.15, 0.2) is 0 Å². The Kier molecular flexibility index (Phi) is 6.44. The molecule has 1 saturated heterocycles. The minimum Gasteiger partial charge on any atom is -0.349 e. The van der Waals surface area contributed by atoms with Gasteiger partial charge in [-0.3, -0.25) is 14.4 Å². The van der Waals surface area contributed by atoms with Crippen LogP contribution in [0.4, 0.5) is 5.69 Å². The maximum absolute atomic E-state index is 12.8. The summed E-state index contributed by atoms with van der Waals surface area (Å²) in [6.45, 7) is 6.78.